The molecule has 1 aliphatic rings. The zero-order valence-electron chi connectivity index (χ0n) is 15.9. The Bertz CT molecular complexity index is 963. The Balaban J connectivity index is 1.65. The van der Waals surface area contributed by atoms with Crippen LogP contribution < -0.4 is 14.8 Å². The van der Waals surface area contributed by atoms with Gasteiger partial charge in [0.15, 0.2) is 11.5 Å². The van der Waals surface area contributed by atoms with Crippen LogP contribution in [0.15, 0.2) is 47.6 Å². The topological polar surface area (TPSA) is 80.8 Å². The minimum Gasteiger partial charge on any atom is -0.493 e. The molecule has 1 aliphatic heterocycles. The lowest BCUT2D eigenvalue weighted by Crippen LogP contribution is -2.31. The summed E-state index contributed by atoms with van der Waals surface area (Å²) in [5.41, 5.74) is 1.40. The van der Waals surface area contributed by atoms with E-state index in [1.54, 1.807) is 57.0 Å². The van der Waals surface area contributed by atoms with E-state index in [1.165, 1.54) is 16.7 Å². The van der Waals surface area contributed by atoms with Crippen LogP contribution in [0.5, 0.6) is 11.5 Å². The average Bonchev–Trinajstić information content (AvgIpc) is 2.99. The summed E-state index contributed by atoms with van der Waals surface area (Å²) < 4.78 is 10.9. The number of carbonyl (C=O) groups excluding carboxylic acids is 2. The number of amides is 2. The van der Waals surface area contributed by atoms with Crippen LogP contribution in [-0.2, 0) is 9.59 Å². The van der Waals surface area contributed by atoms with Crippen LogP contribution in [0.3, 0.4) is 0 Å². The molecule has 29 heavy (non-hydrogen) atoms. The van der Waals surface area contributed by atoms with Crippen molar-refractivity contribution in [3.63, 3.8) is 0 Å². The Morgan fingerprint density at radius 2 is 2.07 bits per heavy atom. The third kappa shape index (κ3) is 5.12. The molecule has 2 heterocycles. The van der Waals surface area contributed by atoms with Crippen molar-refractivity contribution in [2.24, 2.45) is 0 Å². The van der Waals surface area contributed by atoms with Crippen LogP contribution >= 0.6 is 24.0 Å². The lowest BCUT2D eigenvalue weighted by atomic mass is 10.2. The molecule has 150 valence electrons. The summed E-state index contributed by atoms with van der Waals surface area (Å²) in [6, 6.07) is 8.86. The molecule has 0 radical (unpaired) electrons. The summed E-state index contributed by atoms with van der Waals surface area (Å²) in [4.78, 5) is 30.7. The minimum atomic E-state index is -0.219. The number of thiocarbonyl (C=S) groups is 1. The van der Waals surface area contributed by atoms with Crippen LogP contribution in [0, 0.1) is 0 Å². The van der Waals surface area contributed by atoms with E-state index >= 15 is 0 Å². The number of anilines is 1. The van der Waals surface area contributed by atoms with E-state index in [1.807, 2.05) is 6.07 Å². The first-order chi connectivity index (χ1) is 14.0. The summed E-state index contributed by atoms with van der Waals surface area (Å²) in [5.74, 6) is 0.750. The third-order valence-corrected chi connectivity index (χ3v) is 5.46. The predicted octanol–water partition coefficient (Wildman–Crippen LogP) is 3.33. The molecular formula is C20H19N3O4S2. The number of hydrogen-bond donors (Lipinski definition) is 1. The van der Waals surface area contributed by atoms with E-state index in [9.17, 15) is 9.59 Å². The maximum Gasteiger partial charge on any atom is 0.266 e. The largest absolute Gasteiger partial charge is 0.493 e. The molecule has 0 spiro atoms. The molecule has 2 aromatic rings. The van der Waals surface area contributed by atoms with Crippen molar-refractivity contribution < 1.29 is 19.1 Å². The fourth-order valence-corrected chi connectivity index (χ4v) is 3.97. The zero-order valence-corrected chi connectivity index (χ0v) is 17.5. The Morgan fingerprint density at radius 3 is 2.76 bits per heavy atom. The summed E-state index contributed by atoms with van der Waals surface area (Å²) in [5, 5.41) is 2.74. The first-order valence-electron chi connectivity index (χ1n) is 8.69. The number of thioether (sulfide) groups is 1. The van der Waals surface area contributed by atoms with Gasteiger partial charge < -0.3 is 14.8 Å². The highest BCUT2D eigenvalue weighted by atomic mass is 32.2. The molecule has 1 aromatic heterocycles. The van der Waals surface area contributed by atoms with Gasteiger partial charge in [-0.05, 0) is 35.9 Å². The summed E-state index contributed by atoms with van der Waals surface area (Å²) in [6.07, 6.45) is 5.06. The van der Waals surface area contributed by atoms with E-state index in [0.717, 1.165) is 5.56 Å². The van der Waals surface area contributed by atoms with Crippen molar-refractivity contribution >= 4 is 51.9 Å². The number of ether oxygens (including phenoxy) is 2. The van der Waals surface area contributed by atoms with E-state index in [-0.39, 0.29) is 24.8 Å². The molecule has 1 N–H and O–H groups in total. The van der Waals surface area contributed by atoms with Gasteiger partial charge in [0.2, 0.25) is 5.91 Å². The highest BCUT2D eigenvalue weighted by molar-refractivity contribution is 8.26. The Kier molecular flexibility index (Phi) is 6.84. The van der Waals surface area contributed by atoms with Gasteiger partial charge in [-0.3, -0.25) is 19.5 Å². The van der Waals surface area contributed by atoms with Crippen LogP contribution in [0.1, 0.15) is 12.0 Å². The molecule has 2 amide bonds. The lowest BCUT2D eigenvalue weighted by Gasteiger charge is -2.14. The van der Waals surface area contributed by atoms with E-state index < -0.39 is 0 Å². The molecule has 1 fully saturated rings. The first kappa shape index (κ1) is 20.8. The highest BCUT2D eigenvalue weighted by Gasteiger charge is 2.32. The summed E-state index contributed by atoms with van der Waals surface area (Å²) >= 11 is 6.53. The van der Waals surface area contributed by atoms with Crippen molar-refractivity contribution in [3.8, 4) is 11.5 Å². The van der Waals surface area contributed by atoms with Gasteiger partial charge in [-0.15, -0.1) is 0 Å². The van der Waals surface area contributed by atoms with Gasteiger partial charge in [0.1, 0.15) is 4.32 Å². The second kappa shape index (κ2) is 9.53. The number of rotatable bonds is 7. The molecule has 1 aromatic carbocycles. The summed E-state index contributed by atoms with van der Waals surface area (Å²) in [7, 11) is 3.12. The summed E-state index contributed by atoms with van der Waals surface area (Å²) in [6.45, 7) is 0.208. The number of carbonyl (C=O) groups is 2. The van der Waals surface area contributed by atoms with E-state index in [2.05, 4.69) is 10.3 Å². The SMILES string of the molecule is COc1ccc(/C=C2/SC(=S)N(CCC(=O)Nc3cccnc3)C2=O)cc1OC. The van der Waals surface area contributed by atoms with Crippen molar-refractivity contribution in [1.29, 1.82) is 0 Å². The van der Waals surface area contributed by atoms with Gasteiger partial charge in [0, 0.05) is 19.2 Å². The Hall–Kier alpha value is -2.91. The first-order valence-corrected chi connectivity index (χ1v) is 9.91. The fourth-order valence-electron chi connectivity index (χ4n) is 2.66. The van der Waals surface area contributed by atoms with Gasteiger partial charge in [-0.1, -0.05) is 30.0 Å². The van der Waals surface area contributed by atoms with Crippen molar-refractivity contribution in [2.75, 3.05) is 26.1 Å². The van der Waals surface area contributed by atoms with Crippen LogP contribution in [0.25, 0.3) is 6.08 Å². The minimum absolute atomic E-state index is 0.130. The molecule has 0 aliphatic carbocycles. The maximum atomic E-state index is 12.7. The number of hydrogen-bond acceptors (Lipinski definition) is 7. The quantitative estimate of drug-likeness (QED) is 0.534. The highest BCUT2D eigenvalue weighted by Crippen LogP contribution is 2.34. The van der Waals surface area contributed by atoms with Crippen LogP contribution in [-0.4, -0.2) is 46.8 Å². The van der Waals surface area contributed by atoms with Crippen LogP contribution in [0.4, 0.5) is 5.69 Å². The normalized spacial score (nSPS) is 15.0. The standard InChI is InChI=1S/C20H19N3O4S2/c1-26-15-6-5-13(10-16(15)27-2)11-17-19(25)23(20(28)29-17)9-7-18(24)22-14-4-3-8-21-12-14/h3-6,8,10-12H,7,9H2,1-2H3,(H,22,24)/b17-11+. The number of nitrogens with zero attached hydrogens (tertiary/aromatic N) is 2. The molecular weight excluding hydrogens is 410 g/mol. The third-order valence-electron chi connectivity index (χ3n) is 4.09. The second-order valence-corrected chi connectivity index (χ2v) is 7.66. The molecule has 0 atom stereocenters. The van der Waals surface area contributed by atoms with Gasteiger partial charge in [0.05, 0.1) is 31.0 Å². The van der Waals surface area contributed by atoms with E-state index in [0.29, 0.717) is 26.4 Å². The number of benzene rings is 1. The number of methoxy groups -OCH3 is 2. The molecule has 7 nitrogen and oxygen atoms in total. The molecule has 0 unspecified atom stereocenters. The molecule has 0 saturated carbocycles. The zero-order chi connectivity index (χ0) is 20.8. The second-order valence-electron chi connectivity index (χ2n) is 5.99. The van der Waals surface area contributed by atoms with Gasteiger partial charge in [-0.25, -0.2) is 0 Å². The number of pyridine rings is 1. The molecule has 0 bridgehead atoms. The van der Waals surface area contributed by atoms with E-state index in [4.69, 9.17) is 21.7 Å². The van der Waals surface area contributed by atoms with Gasteiger partial charge >= 0.3 is 0 Å². The lowest BCUT2D eigenvalue weighted by molar-refractivity contribution is -0.122. The molecule has 1 saturated heterocycles. The molecule has 3 rings (SSSR count). The van der Waals surface area contributed by atoms with Gasteiger partial charge in [0.25, 0.3) is 5.91 Å². The van der Waals surface area contributed by atoms with Crippen molar-refractivity contribution in [2.45, 2.75) is 6.42 Å². The van der Waals surface area contributed by atoms with Crippen LogP contribution in [0.2, 0.25) is 0 Å². The monoisotopic (exact) mass is 429 g/mol. The Morgan fingerprint density at radius 1 is 1.28 bits per heavy atom. The Labute approximate surface area is 178 Å². The van der Waals surface area contributed by atoms with Crippen molar-refractivity contribution in [1.82, 2.24) is 9.88 Å². The van der Waals surface area contributed by atoms with Gasteiger partial charge in [-0.2, -0.15) is 0 Å². The fraction of sp³-hybridized carbons (Fsp3) is 0.200. The predicted molar refractivity (Wildman–Crippen MR) is 117 cm³/mol. The number of aromatic nitrogens is 1. The van der Waals surface area contributed by atoms with Crippen molar-refractivity contribution in [3.05, 3.63) is 53.2 Å². The maximum absolute atomic E-state index is 12.7. The number of nitrogens with one attached hydrogen (secondary N) is 1. The smallest absolute Gasteiger partial charge is 0.266 e. The molecule has 9 heteroatoms. The average molecular weight is 430 g/mol.